The summed E-state index contributed by atoms with van der Waals surface area (Å²) in [6, 6.07) is 18.4. The fourth-order valence-electron chi connectivity index (χ4n) is 4.09. The Kier molecular flexibility index (Phi) is 6.92. The van der Waals surface area contributed by atoms with E-state index in [4.69, 9.17) is 20.5 Å². The quantitative estimate of drug-likeness (QED) is 0.202. The molecular weight excluding hydrogens is 494 g/mol. The Bertz CT molecular complexity index is 1500. The van der Waals surface area contributed by atoms with Crippen LogP contribution in [0, 0.1) is 22.5 Å². The van der Waals surface area contributed by atoms with Gasteiger partial charge in [-0.05, 0) is 48.5 Å². The summed E-state index contributed by atoms with van der Waals surface area (Å²) >= 11 is 0. The third-order valence-electron chi connectivity index (χ3n) is 5.96. The molecule has 5 rings (SSSR count). The number of piperazine rings is 1. The summed E-state index contributed by atoms with van der Waals surface area (Å²) in [5.74, 6) is -1.22. The van der Waals surface area contributed by atoms with Crippen LogP contribution >= 0.6 is 0 Å². The Balaban J connectivity index is 1.16. The summed E-state index contributed by atoms with van der Waals surface area (Å²) in [4.78, 5) is 31.0. The normalized spacial score (nSPS) is 13.5. The van der Waals surface area contributed by atoms with Gasteiger partial charge in [0.05, 0.1) is 6.54 Å². The van der Waals surface area contributed by atoms with Crippen molar-refractivity contribution >= 4 is 28.5 Å². The van der Waals surface area contributed by atoms with E-state index in [2.05, 4.69) is 10.6 Å². The fourth-order valence-corrected chi connectivity index (χ4v) is 4.09. The molecule has 2 heterocycles. The van der Waals surface area contributed by atoms with Gasteiger partial charge in [0.25, 0.3) is 5.91 Å². The molecule has 0 bridgehead atoms. The second kappa shape index (κ2) is 10.6. The third kappa shape index (κ3) is 5.27. The average molecular weight is 517 g/mol. The van der Waals surface area contributed by atoms with E-state index in [1.54, 1.807) is 36.5 Å². The maximum Gasteiger partial charge on any atom is 0.254 e. The molecule has 0 aliphatic carbocycles. The Labute approximate surface area is 216 Å². The molecule has 1 aliphatic rings. The second-order valence-corrected chi connectivity index (χ2v) is 8.47. The number of para-hydroxylation sites is 1. The van der Waals surface area contributed by atoms with Gasteiger partial charge in [-0.1, -0.05) is 18.2 Å². The minimum atomic E-state index is -0.801. The molecular formula is C27H22F2N6O3. The van der Waals surface area contributed by atoms with E-state index in [0.717, 1.165) is 23.6 Å². The van der Waals surface area contributed by atoms with Gasteiger partial charge in [0, 0.05) is 47.5 Å². The van der Waals surface area contributed by atoms with Crippen LogP contribution < -0.4 is 15.3 Å². The van der Waals surface area contributed by atoms with E-state index < -0.39 is 11.6 Å². The number of benzene rings is 3. The van der Waals surface area contributed by atoms with Gasteiger partial charge in [-0.2, -0.15) is 0 Å². The summed E-state index contributed by atoms with van der Waals surface area (Å²) in [6.07, 6.45) is 1.67. The van der Waals surface area contributed by atoms with Crippen molar-refractivity contribution in [1.82, 2.24) is 20.4 Å². The van der Waals surface area contributed by atoms with Crippen LogP contribution in [0.4, 0.5) is 8.78 Å². The highest BCUT2D eigenvalue weighted by Gasteiger charge is 2.28. The van der Waals surface area contributed by atoms with Crippen molar-refractivity contribution in [2.75, 3.05) is 19.6 Å². The van der Waals surface area contributed by atoms with Gasteiger partial charge < -0.3 is 19.5 Å². The van der Waals surface area contributed by atoms with E-state index in [-0.39, 0.29) is 42.8 Å². The van der Waals surface area contributed by atoms with Crippen LogP contribution in [0.15, 0.2) is 79.0 Å². The number of carbonyl (C=O) groups excluding carboxylic acids is 1. The van der Waals surface area contributed by atoms with Crippen LogP contribution in [0.3, 0.4) is 0 Å². The van der Waals surface area contributed by atoms with Crippen molar-refractivity contribution < 1.29 is 23.3 Å². The zero-order valence-corrected chi connectivity index (χ0v) is 19.9. The smallest absolute Gasteiger partial charge is 0.254 e. The number of fused-ring (bicyclic) bond motifs is 1. The third-order valence-corrected chi connectivity index (χ3v) is 5.96. The number of pyridine rings is 1. The fraction of sp³-hybridized carbons (Fsp3) is 0.111. The molecule has 1 fully saturated rings. The summed E-state index contributed by atoms with van der Waals surface area (Å²) in [7, 11) is 0. The molecule has 4 aromatic rings. The van der Waals surface area contributed by atoms with Gasteiger partial charge in [-0.15, -0.1) is 0 Å². The number of amides is 1. The lowest BCUT2D eigenvalue weighted by Crippen LogP contribution is -2.53. The lowest BCUT2D eigenvalue weighted by Gasteiger charge is -2.36. The molecule has 1 aromatic heterocycles. The second-order valence-electron chi connectivity index (χ2n) is 8.47. The lowest BCUT2D eigenvalue weighted by atomic mass is 10.1. The summed E-state index contributed by atoms with van der Waals surface area (Å²) in [6.45, 7) is 0.326. The van der Waals surface area contributed by atoms with Gasteiger partial charge in [0.2, 0.25) is 0 Å². The molecule has 0 unspecified atom stereocenters. The number of carbonyl (C=O) groups is 1. The molecule has 0 atom stereocenters. The Morgan fingerprint density at radius 3 is 2.39 bits per heavy atom. The number of aromatic nitrogens is 1. The molecule has 1 amide bonds. The highest BCUT2D eigenvalue weighted by Crippen LogP contribution is 2.22. The van der Waals surface area contributed by atoms with E-state index in [1.807, 2.05) is 24.3 Å². The molecule has 9 nitrogen and oxygen atoms in total. The van der Waals surface area contributed by atoms with Crippen LogP contribution in [0.1, 0.15) is 15.9 Å². The van der Waals surface area contributed by atoms with E-state index in [0.29, 0.717) is 22.6 Å². The standard InChI is InChI=1S/C27H22F2N6O3/c28-20-13-19(14-21(29)15-20)26(31)35-12-11-34(16-24(35)30)27(36)18-6-8-22(9-7-18)37-33-38-23-5-1-3-17-4-2-10-32-25(17)23/h1-10,13-15,30-31,33H,11-12,16H2. The largest absolute Gasteiger partial charge is 0.374 e. The zero-order valence-electron chi connectivity index (χ0n) is 19.9. The number of nitrogens with zero attached hydrogens (tertiary/aromatic N) is 3. The van der Waals surface area contributed by atoms with E-state index in [1.165, 1.54) is 9.80 Å². The van der Waals surface area contributed by atoms with Crippen LogP contribution in [0.25, 0.3) is 10.9 Å². The van der Waals surface area contributed by atoms with Gasteiger partial charge in [-0.25, -0.2) is 8.78 Å². The van der Waals surface area contributed by atoms with Gasteiger partial charge in [-0.3, -0.25) is 20.6 Å². The number of rotatable bonds is 6. The number of amidine groups is 2. The lowest BCUT2D eigenvalue weighted by molar-refractivity contribution is -0.0181. The first-order chi connectivity index (χ1) is 18.4. The van der Waals surface area contributed by atoms with Gasteiger partial charge in [0.1, 0.15) is 28.8 Å². The van der Waals surface area contributed by atoms with Crippen molar-refractivity contribution in [3.63, 3.8) is 0 Å². The predicted octanol–water partition coefficient (Wildman–Crippen LogP) is 4.15. The van der Waals surface area contributed by atoms with Crippen LogP contribution in [0.2, 0.25) is 0 Å². The Hall–Kier alpha value is -4.90. The molecule has 192 valence electrons. The molecule has 3 N–H and O–H groups in total. The summed E-state index contributed by atoms with van der Waals surface area (Å²) < 4.78 is 27.1. The first kappa shape index (κ1) is 24.8. The molecule has 38 heavy (non-hydrogen) atoms. The maximum absolute atomic E-state index is 13.6. The highest BCUT2D eigenvalue weighted by atomic mass is 19.1. The molecule has 0 radical (unpaired) electrons. The van der Waals surface area contributed by atoms with Gasteiger partial charge in [0.15, 0.2) is 11.5 Å². The van der Waals surface area contributed by atoms with Gasteiger partial charge >= 0.3 is 0 Å². The monoisotopic (exact) mass is 516 g/mol. The number of halogens is 2. The van der Waals surface area contributed by atoms with Crippen molar-refractivity contribution in [3.05, 3.63) is 102 Å². The van der Waals surface area contributed by atoms with Crippen molar-refractivity contribution in [2.45, 2.75) is 0 Å². The van der Waals surface area contributed by atoms with Crippen molar-refractivity contribution in [3.8, 4) is 11.5 Å². The molecule has 11 heteroatoms. The Morgan fingerprint density at radius 1 is 0.921 bits per heavy atom. The molecule has 1 aliphatic heterocycles. The minimum absolute atomic E-state index is 0.0245. The molecule has 0 spiro atoms. The molecule has 3 aromatic carbocycles. The predicted molar refractivity (Wildman–Crippen MR) is 136 cm³/mol. The van der Waals surface area contributed by atoms with Crippen LogP contribution in [-0.2, 0) is 0 Å². The first-order valence-corrected chi connectivity index (χ1v) is 11.6. The maximum atomic E-state index is 13.6. The zero-order chi connectivity index (χ0) is 26.6. The van der Waals surface area contributed by atoms with E-state index in [9.17, 15) is 13.6 Å². The molecule has 1 saturated heterocycles. The van der Waals surface area contributed by atoms with Crippen molar-refractivity contribution in [2.24, 2.45) is 0 Å². The van der Waals surface area contributed by atoms with E-state index >= 15 is 0 Å². The summed E-state index contributed by atoms with van der Waals surface area (Å²) in [5, 5.41) is 17.5. The van der Waals surface area contributed by atoms with Crippen molar-refractivity contribution in [1.29, 1.82) is 10.8 Å². The highest BCUT2D eigenvalue weighted by molar-refractivity contribution is 6.09. The number of nitrogens with one attached hydrogen (secondary N) is 3. The summed E-state index contributed by atoms with van der Waals surface area (Å²) in [5.41, 5.74) is 3.52. The van der Waals surface area contributed by atoms with Crippen LogP contribution in [-0.4, -0.2) is 52.0 Å². The topological polar surface area (TPSA) is 115 Å². The SMILES string of the molecule is N=C1CN(C(=O)c2ccc(ONOc3cccc4cccnc34)cc2)CCN1C(=N)c1cc(F)cc(F)c1. The first-order valence-electron chi connectivity index (χ1n) is 11.6. The number of hydrogen-bond donors (Lipinski definition) is 3. The molecule has 0 saturated carbocycles. The average Bonchev–Trinajstić information content (AvgIpc) is 2.92. The van der Waals surface area contributed by atoms with Crippen LogP contribution in [0.5, 0.6) is 11.5 Å². The Morgan fingerprint density at radius 2 is 1.66 bits per heavy atom. The number of hydrogen-bond acceptors (Lipinski definition) is 7. The minimum Gasteiger partial charge on any atom is -0.374 e.